The molecule has 7 nitrogen and oxygen atoms in total. The molecule has 0 spiro atoms. The van der Waals surface area contributed by atoms with Crippen molar-refractivity contribution in [3.63, 3.8) is 0 Å². The van der Waals surface area contributed by atoms with Crippen molar-refractivity contribution >= 4 is 11.8 Å². The van der Waals surface area contributed by atoms with Crippen LogP contribution in [0.4, 0.5) is 0 Å². The van der Waals surface area contributed by atoms with Crippen molar-refractivity contribution < 1.29 is 19.4 Å². The van der Waals surface area contributed by atoms with Crippen molar-refractivity contribution in [2.45, 2.75) is 70.4 Å². The molecular weight excluding hydrogens is 406 g/mol. The number of nitrogens with zero attached hydrogens (tertiary/aromatic N) is 2. The van der Waals surface area contributed by atoms with Gasteiger partial charge in [-0.05, 0) is 55.3 Å². The highest BCUT2D eigenvalue weighted by atomic mass is 16.5. The van der Waals surface area contributed by atoms with Crippen LogP contribution in [0.5, 0.6) is 5.75 Å². The van der Waals surface area contributed by atoms with Gasteiger partial charge in [0.25, 0.3) is 5.91 Å². The predicted molar refractivity (Wildman–Crippen MR) is 125 cm³/mol. The van der Waals surface area contributed by atoms with Gasteiger partial charge in [-0.2, -0.15) is 0 Å². The molecule has 0 saturated carbocycles. The summed E-state index contributed by atoms with van der Waals surface area (Å²) in [7, 11) is 1.67. The SMILES string of the molecule is CO[C@H]1CN(CCCC(=O)N2CCCC2)CC[C@H]1NC(=O)c1cc(C(C)(C)C)ccc1O. The van der Waals surface area contributed by atoms with Crippen molar-refractivity contribution in [1.29, 1.82) is 0 Å². The van der Waals surface area contributed by atoms with E-state index in [4.69, 9.17) is 4.74 Å². The van der Waals surface area contributed by atoms with E-state index in [2.05, 4.69) is 31.0 Å². The highest BCUT2D eigenvalue weighted by Gasteiger charge is 2.31. The molecule has 0 radical (unpaired) electrons. The monoisotopic (exact) mass is 445 g/mol. The summed E-state index contributed by atoms with van der Waals surface area (Å²) in [6, 6.07) is 5.11. The third kappa shape index (κ3) is 6.23. The number of carbonyl (C=O) groups excluding carboxylic acids is 2. The molecule has 0 aromatic heterocycles. The average Bonchev–Trinajstić information content (AvgIpc) is 3.29. The van der Waals surface area contributed by atoms with Crippen molar-refractivity contribution in [3.8, 4) is 5.75 Å². The summed E-state index contributed by atoms with van der Waals surface area (Å²) in [5, 5.41) is 13.3. The van der Waals surface area contributed by atoms with Crippen LogP contribution in [-0.2, 0) is 14.9 Å². The minimum atomic E-state index is -0.273. The number of methoxy groups -OCH3 is 1. The number of hydrogen-bond acceptors (Lipinski definition) is 5. The van der Waals surface area contributed by atoms with Crippen LogP contribution < -0.4 is 5.32 Å². The highest BCUT2D eigenvalue weighted by molar-refractivity contribution is 5.97. The van der Waals surface area contributed by atoms with Gasteiger partial charge in [-0.1, -0.05) is 26.8 Å². The quantitative estimate of drug-likeness (QED) is 0.674. The zero-order valence-electron chi connectivity index (χ0n) is 20.0. The number of amides is 2. The molecule has 0 bridgehead atoms. The summed E-state index contributed by atoms with van der Waals surface area (Å²) in [5.74, 6) is -0.0138. The zero-order chi connectivity index (χ0) is 23.3. The highest BCUT2D eigenvalue weighted by Crippen LogP contribution is 2.28. The number of likely N-dealkylation sites (tertiary alicyclic amines) is 2. The molecule has 0 unspecified atom stereocenters. The van der Waals surface area contributed by atoms with Crippen molar-refractivity contribution in [2.75, 3.05) is 39.8 Å². The van der Waals surface area contributed by atoms with E-state index in [1.807, 2.05) is 11.0 Å². The lowest BCUT2D eigenvalue weighted by atomic mass is 9.86. The minimum absolute atomic E-state index is 0.00966. The molecule has 2 saturated heterocycles. The maximum atomic E-state index is 12.9. The van der Waals surface area contributed by atoms with Crippen molar-refractivity contribution in [2.24, 2.45) is 0 Å². The molecule has 2 aliphatic rings. The second kappa shape index (κ2) is 10.7. The maximum absolute atomic E-state index is 12.9. The van der Waals surface area contributed by atoms with Gasteiger partial charge in [0.2, 0.25) is 5.91 Å². The molecule has 2 N–H and O–H groups in total. The van der Waals surface area contributed by atoms with E-state index in [1.54, 1.807) is 19.2 Å². The molecule has 2 aliphatic heterocycles. The first-order valence-electron chi connectivity index (χ1n) is 11.9. The van der Waals surface area contributed by atoms with Gasteiger partial charge in [0, 0.05) is 39.7 Å². The van der Waals surface area contributed by atoms with Crippen LogP contribution in [0.1, 0.15) is 68.8 Å². The number of carbonyl (C=O) groups is 2. The fraction of sp³-hybridized carbons (Fsp3) is 0.680. The molecule has 1 aromatic rings. The van der Waals surface area contributed by atoms with Gasteiger partial charge in [-0.15, -0.1) is 0 Å². The van der Waals surface area contributed by atoms with Gasteiger partial charge in [0.15, 0.2) is 0 Å². The van der Waals surface area contributed by atoms with Crippen LogP contribution in [0.2, 0.25) is 0 Å². The van der Waals surface area contributed by atoms with Crippen LogP contribution in [0.15, 0.2) is 18.2 Å². The van der Waals surface area contributed by atoms with Gasteiger partial charge in [-0.25, -0.2) is 0 Å². The van der Waals surface area contributed by atoms with Crippen LogP contribution in [0.3, 0.4) is 0 Å². The van der Waals surface area contributed by atoms with Gasteiger partial charge in [0.1, 0.15) is 5.75 Å². The summed E-state index contributed by atoms with van der Waals surface area (Å²) < 4.78 is 5.69. The molecule has 7 heteroatoms. The lowest BCUT2D eigenvalue weighted by Gasteiger charge is -2.38. The molecule has 178 valence electrons. The number of piperidine rings is 1. The Labute approximate surface area is 192 Å². The predicted octanol–water partition coefficient (Wildman–Crippen LogP) is 2.91. The topological polar surface area (TPSA) is 82.1 Å². The lowest BCUT2D eigenvalue weighted by Crippen LogP contribution is -2.55. The molecule has 2 amide bonds. The Balaban J connectivity index is 1.52. The number of nitrogens with one attached hydrogen (secondary N) is 1. The van der Waals surface area contributed by atoms with Crippen LogP contribution in [0.25, 0.3) is 0 Å². The smallest absolute Gasteiger partial charge is 0.255 e. The second-order valence-corrected chi connectivity index (χ2v) is 10.1. The Morgan fingerprint density at radius 2 is 1.91 bits per heavy atom. The summed E-state index contributed by atoms with van der Waals surface area (Å²) in [4.78, 5) is 29.5. The third-order valence-electron chi connectivity index (χ3n) is 6.69. The Bertz CT molecular complexity index is 799. The summed E-state index contributed by atoms with van der Waals surface area (Å²) in [6.07, 6.45) is 4.32. The molecule has 32 heavy (non-hydrogen) atoms. The normalized spacial score (nSPS) is 22.2. The van der Waals surface area contributed by atoms with Crippen LogP contribution >= 0.6 is 0 Å². The third-order valence-corrected chi connectivity index (χ3v) is 6.69. The van der Waals surface area contributed by atoms with E-state index in [1.165, 1.54) is 0 Å². The zero-order valence-corrected chi connectivity index (χ0v) is 20.0. The first-order chi connectivity index (χ1) is 15.2. The number of hydrogen-bond donors (Lipinski definition) is 2. The molecule has 3 rings (SSSR count). The van der Waals surface area contributed by atoms with Crippen molar-refractivity contribution in [1.82, 2.24) is 15.1 Å². The van der Waals surface area contributed by atoms with Crippen LogP contribution in [-0.4, -0.2) is 78.7 Å². The maximum Gasteiger partial charge on any atom is 0.255 e. The van der Waals surface area contributed by atoms with Crippen LogP contribution in [0, 0.1) is 0 Å². The van der Waals surface area contributed by atoms with Gasteiger partial charge < -0.3 is 25.0 Å². The van der Waals surface area contributed by atoms with Gasteiger partial charge >= 0.3 is 0 Å². The Morgan fingerprint density at radius 1 is 1.19 bits per heavy atom. The Kier molecular flexibility index (Phi) is 8.17. The number of phenolic OH excluding ortho intramolecular Hbond substituents is 1. The average molecular weight is 446 g/mol. The van der Waals surface area contributed by atoms with Gasteiger partial charge in [0.05, 0.1) is 17.7 Å². The minimum Gasteiger partial charge on any atom is -0.507 e. The Hall–Kier alpha value is -2.12. The first kappa shape index (κ1) is 24.5. The van der Waals surface area contributed by atoms with E-state index in [-0.39, 0.29) is 35.1 Å². The second-order valence-electron chi connectivity index (χ2n) is 10.1. The van der Waals surface area contributed by atoms with E-state index in [0.717, 1.165) is 57.4 Å². The van der Waals surface area contributed by atoms with Gasteiger partial charge in [-0.3, -0.25) is 9.59 Å². The van der Waals surface area contributed by atoms with Crippen molar-refractivity contribution in [3.05, 3.63) is 29.3 Å². The molecule has 2 atom stereocenters. The lowest BCUT2D eigenvalue weighted by molar-refractivity contribution is -0.130. The molecular formula is C25H39N3O4. The number of benzene rings is 1. The number of ether oxygens (including phenoxy) is 1. The molecule has 2 fully saturated rings. The molecule has 1 aromatic carbocycles. The standard InChI is InChI=1S/C25H39N3O4/c1-25(2,3)18-9-10-21(29)19(16-18)24(31)26-20-11-15-27(17-22(20)32-4)12-7-8-23(30)28-13-5-6-14-28/h9-10,16,20,22,29H,5-8,11-15,17H2,1-4H3,(H,26,31)/t20-,22+/m1/s1. The summed E-state index contributed by atoms with van der Waals surface area (Å²) in [6.45, 7) is 10.5. The number of rotatable bonds is 7. The fourth-order valence-electron chi connectivity index (χ4n) is 4.60. The van der Waals surface area contributed by atoms with E-state index < -0.39 is 0 Å². The van der Waals surface area contributed by atoms with E-state index in [0.29, 0.717) is 18.5 Å². The first-order valence-corrected chi connectivity index (χ1v) is 11.9. The molecule has 0 aliphatic carbocycles. The van der Waals surface area contributed by atoms with E-state index >= 15 is 0 Å². The summed E-state index contributed by atoms with van der Waals surface area (Å²) >= 11 is 0. The largest absolute Gasteiger partial charge is 0.507 e. The number of phenols is 1. The van der Waals surface area contributed by atoms with E-state index in [9.17, 15) is 14.7 Å². The molecule has 2 heterocycles. The number of aromatic hydroxyl groups is 1. The fourth-order valence-corrected chi connectivity index (χ4v) is 4.60. The summed E-state index contributed by atoms with van der Waals surface area (Å²) in [5.41, 5.74) is 1.19. The Morgan fingerprint density at radius 3 is 2.56 bits per heavy atom.